The topological polar surface area (TPSA) is 29.5 Å². The van der Waals surface area contributed by atoms with Crippen molar-refractivity contribution in [1.29, 1.82) is 0 Å². The summed E-state index contributed by atoms with van der Waals surface area (Å²) in [5, 5.41) is 8.93. The Morgan fingerprint density at radius 1 is 0.857 bits per heavy atom. The lowest BCUT2D eigenvalue weighted by Crippen LogP contribution is -2.23. The SMILES string of the molecule is Oc1ccc(OC(F)(F)c2cc(F)c(F)c(F)c2)c(F)c1. The smallest absolute Gasteiger partial charge is 0.427 e. The highest BCUT2D eigenvalue weighted by Gasteiger charge is 2.37. The van der Waals surface area contributed by atoms with Gasteiger partial charge in [0, 0.05) is 6.07 Å². The van der Waals surface area contributed by atoms with E-state index in [4.69, 9.17) is 5.11 Å². The highest BCUT2D eigenvalue weighted by molar-refractivity contribution is 5.33. The number of hydrogen-bond donors (Lipinski definition) is 1. The van der Waals surface area contributed by atoms with Gasteiger partial charge in [-0.05, 0) is 24.3 Å². The van der Waals surface area contributed by atoms with Gasteiger partial charge in [0.15, 0.2) is 29.0 Å². The first-order valence-electron chi connectivity index (χ1n) is 5.41. The number of phenolic OH excluding ortho intramolecular Hbond substituents is 1. The standard InChI is InChI=1S/C13H6F6O2/c14-8-5-7(20)1-2-11(8)21-13(18,19)6-3-9(15)12(17)10(16)4-6/h1-5,20H. The molecule has 0 spiro atoms. The van der Waals surface area contributed by atoms with Crippen molar-refractivity contribution in [3.63, 3.8) is 0 Å². The fourth-order valence-electron chi connectivity index (χ4n) is 1.49. The third-order valence-corrected chi connectivity index (χ3v) is 2.47. The summed E-state index contributed by atoms with van der Waals surface area (Å²) in [6.07, 6.45) is -4.31. The maximum atomic E-state index is 13.7. The van der Waals surface area contributed by atoms with Crippen molar-refractivity contribution in [2.75, 3.05) is 0 Å². The molecule has 0 unspecified atom stereocenters. The van der Waals surface area contributed by atoms with E-state index in [0.29, 0.717) is 12.1 Å². The van der Waals surface area contributed by atoms with Crippen LogP contribution in [0.15, 0.2) is 30.3 Å². The highest BCUT2D eigenvalue weighted by atomic mass is 19.3. The van der Waals surface area contributed by atoms with Crippen LogP contribution in [0.5, 0.6) is 11.5 Å². The van der Waals surface area contributed by atoms with E-state index in [0.717, 1.165) is 6.07 Å². The number of hydrogen-bond acceptors (Lipinski definition) is 2. The first kappa shape index (κ1) is 15.0. The molecule has 1 N–H and O–H groups in total. The van der Waals surface area contributed by atoms with Gasteiger partial charge in [-0.15, -0.1) is 0 Å². The molecule has 0 saturated carbocycles. The molecule has 2 aromatic rings. The molecule has 2 nitrogen and oxygen atoms in total. The first-order valence-corrected chi connectivity index (χ1v) is 5.41. The molecule has 0 aliphatic rings. The Labute approximate surface area is 114 Å². The van der Waals surface area contributed by atoms with Crippen LogP contribution in [-0.2, 0) is 6.11 Å². The van der Waals surface area contributed by atoms with Crippen molar-refractivity contribution in [3.8, 4) is 11.5 Å². The maximum absolute atomic E-state index is 13.7. The second kappa shape index (κ2) is 5.19. The molecule has 0 bridgehead atoms. The van der Waals surface area contributed by atoms with E-state index >= 15 is 0 Å². The fraction of sp³-hybridized carbons (Fsp3) is 0.0769. The Bertz CT molecular complexity index is 663. The fourth-order valence-corrected chi connectivity index (χ4v) is 1.49. The van der Waals surface area contributed by atoms with Crippen molar-refractivity contribution in [2.45, 2.75) is 6.11 Å². The van der Waals surface area contributed by atoms with Gasteiger partial charge >= 0.3 is 6.11 Å². The van der Waals surface area contributed by atoms with Crippen molar-refractivity contribution in [3.05, 3.63) is 59.2 Å². The van der Waals surface area contributed by atoms with Crippen LogP contribution in [0.4, 0.5) is 26.3 Å². The number of aromatic hydroxyl groups is 1. The van der Waals surface area contributed by atoms with Gasteiger partial charge < -0.3 is 9.84 Å². The van der Waals surface area contributed by atoms with Crippen molar-refractivity contribution >= 4 is 0 Å². The van der Waals surface area contributed by atoms with E-state index in [9.17, 15) is 26.3 Å². The molecule has 8 heteroatoms. The number of halogens is 6. The molecule has 0 saturated heterocycles. The zero-order chi connectivity index (χ0) is 15.8. The number of ether oxygens (including phenoxy) is 1. The van der Waals surface area contributed by atoms with Crippen LogP contribution in [-0.4, -0.2) is 5.11 Å². The van der Waals surface area contributed by atoms with Gasteiger partial charge in [-0.2, -0.15) is 8.78 Å². The monoisotopic (exact) mass is 308 g/mol. The summed E-state index contributed by atoms with van der Waals surface area (Å²) in [6.45, 7) is 0. The molecule has 2 rings (SSSR count). The Morgan fingerprint density at radius 3 is 1.95 bits per heavy atom. The van der Waals surface area contributed by atoms with Gasteiger partial charge in [-0.25, -0.2) is 17.6 Å². The summed E-state index contributed by atoms with van der Waals surface area (Å²) in [6, 6.07) is 2.17. The van der Waals surface area contributed by atoms with Gasteiger partial charge in [0.2, 0.25) is 0 Å². The third kappa shape index (κ3) is 3.04. The Kier molecular flexibility index (Phi) is 3.71. The summed E-state index contributed by atoms with van der Waals surface area (Å²) in [7, 11) is 0. The largest absolute Gasteiger partial charge is 0.508 e. The minimum Gasteiger partial charge on any atom is -0.508 e. The van der Waals surface area contributed by atoms with Gasteiger partial charge in [-0.3, -0.25) is 0 Å². The minimum absolute atomic E-state index is 0.0384. The minimum atomic E-state index is -4.31. The normalized spacial score (nSPS) is 11.5. The highest BCUT2D eigenvalue weighted by Crippen LogP contribution is 2.34. The van der Waals surface area contributed by atoms with Crippen LogP contribution in [0.1, 0.15) is 5.56 Å². The van der Waals surface area contributed by atoms with Crippen LogP contribution >= 0.6 is 0 Å². The molecule has 0 fully saturated rings. The Balaban J connectivity index is 2.38. The van der Waals surface area contributed by atoms with Gasteiger partial charge in [0.05, 0.1) is 5.56 Å². The van der Waals surface area contributed by atoms with E-state index in [1.54, 1.807) is 0 Å². The molecule has 0 aliphatic heterocycles. The number of rotatable bonds is 3. The van der Waals surface area contributed by atoms with Crippen LogP contribution in [0.25, 0.3) is 0 Å². The van der Waals surface area contributed by atoms with Crippen LogP contribution in [0.3, 0.4) is 0 Å². The quantitative estimate of drug-likeness (QED) is 0.684. The molecule has 0 atom stereocenters. The molecule has 2 aromatic carbocycles. The molecule has 0 amide bonds. The molecule has 0 aromatic heterocycles. The second-order valence-electron chi connectivity index (χ2n) is 3.99. The first-order chi connectivity index (χ1) is 9.70. The van der Waals surface area contributed by atoms with Crippen LogP contribution < -0.4 is 4.74 Å². The number of alkyl halides is 2. The summed E-state index contributed by atoms with van der Waals surface area (Å²) in [5.74, 6) is -8.37. The molecular weight excluding hydrogens is 302 g/mol. The molecule has 0 radical (unpaired) electrons. The van der Waals surface area contributed by atoms with E-state index in [2.05, 4.69) is 4.74 Å². The van der Waals surface area contributed by atoms with Gasteiger partial charge in [-0.1, -0.05) is 0 Å². The number of phenols is 1. The van der Waals surface area contributed by atoms with E-state index in [-0.39, 0.29) is 12.1 Å². The third-order valence-electron chi connectivity index (χ3n) is 2.47. The molecular formula is C13H6F6O2. The molecule has 112 valence electrons. The van der Waals surface area contributed by atoms with Crippen molar-refractivity contribution in [1.82, 2.24) is 0 Å². The summed E-state index contributed by atoms with van der Waals surface area (Å²) < 4.78 is 83.3. The zero-order valence-electron chi connectivity index (χ0n) is 10.0. The average Bonchev–Trinajstić information content (AvgIpc) is 2.38. The maximum Gasteiger partial charge on any atom is 0.427 e. The van der Waals surface area contributed by atoms with E-state index in [1.165, 1.54) is 0 Å². The molecule has 0 heterocycles. The summed E-state index contributed by atoms with van der Waals surface area (Å²) in [4.78, 5) is 0. The van der Waals surface area contributed by atoms with Gasteiger partial charge in [0.1, 0.15) is 5.75 Å². The Morgan fingerprint density at radius 2 is 1.43 bits per heavy atom. The summed E-state index contributed by atoms with van der Waals surface area (Å²) in [5.41, 5.74) is -1.33. The molecule has 0 aliphatic carbocycles. The van der Waals surface area contributed by atoms with E-state index < -0.39 is 46.4 Å². The lowest BCUT2D eigenvalue weighted by atomic mass is 10.2. The predicted octanol–water partition coefficient (Wildman–Crippen LogP) is 4.08. The molecule has 21 heavy (non-hydrogen) atoms. The van der Waals surface area contributed by atoms with Crippen molar-refractivity contribution in [2.24, 2.45) is 0 Å². The van der Waals surface area contributed by atoms with Gasteiger partial charge in [0.25, 0.3) is 0 Å². The lowest BCUT2D eigenvalue weighted by molar-refractivity contribution is -0.187. The van der Waals surface area contributed by atoms with Crippen LogP contribution in [0, 0.1) is 23.3 Å². The van der Waals surface area contributed by atoms with Crippen molar-refractivity contribution < 1.29 is 36.2 Å². The zero-order valence-corrected chi connectivity index (χ0v) is 10.0. The van der Waals surface area contributed by atoms with E-state index in [1.807, 2.05) is 0 Å². The summed E-state index contributed by atoms with van der Waals surface area (Å²) >= 11 is 0. The Hall–Kier alpha value is -2.38. The lowest BCUT2D eigenvalue weighted by Gasteiger charge is -2.19. The number of benzene rings is 2. The second-order valence-corrected chi connectivity index (χ2v) is 3.99. The average molecular weight is 308 g/mol. The predicted molar refractivity (Wildman–Crippen MR) is 58.9 cm³/mol. The van der Waals surface area contributed by atoms with Crippen LogP contribution in [0.2, 0.25) is 0 Å².